The van der Waals surface area contributed by atoms with E-state index < -0.39 is 12.6 Å². The molecule has 0 saturated carbocycles. The van der Waals surface area contributed by atoms with Crippen LogP contribution in [0.25, 0.3) is 11.4 Å². The van der Waals surface area contributed by atoms with Crippen molar-refractivity contribution in [3.05, 3.63) is 29.3 Å². The van der Waals surface area contributed by atoms with E-state index in [2.05, 4.69) is 10.1 Å². The molecule has 0 fully saturated rings. The van der Waals surface area contributed by atoms with E-state index in [0.29, 0.717) is 16.4 Å². The van der Waals surface area contributed by atoms with Crippen LogP contribution in [0.5, 0.6) is 6.01 Å². The van der Waals surface area contributed by atoms with Crippen molar-refractivity contribution in [3.63, 3.8) is 0 Å². The SMILES string of the molecule is Cn1nc(OCC(=O)O)nc1-c1ccccc1Cl. The Morgan fingerprint density at radius 2 is 2.22 bits per heavy atom. The van der Waals surface area contributed by atoms with Crippen LogP contribution in [0.3, 0.4) is 0 Å². The summed E-state index contributed by atoms with van der Waals surface area (Å²) in [5.41, 5.74) is 0.708. The van der Waals surface area contributed by atoms with Gasteiger partial charge in [0.1, 0.15) is 0 Å². The number of carboxylic acid groups (broad SMARTS) is 1. The van der Waals surface area contributed by atoms with Gasteiger partial charge in [-0.05, 0) is 12.1 Å². The van der Waals surface area contributed by atoms with Crippen LogP contribution in [0.15, 0.2) is 24.3 Å². The van der Waals surface area contributed by atoms with Crippen LogP contribution in [-0.2, 0) is 11.8 Å². The molecule has 0 amide bonds. The zero-order valence-corrected chi connectivity index (χ0v) is 10.3. The fourth-order valence-corrected chi connectivity index (χ4v) is 1.65. The number of carbonyl (C=O) groups is 1. The van der Waals surface area contributed by atoms with Crippen LogP contribution in [0, 0.1) is 0 Å². The topological polar surface area (TPSA) is 77.2 Å². The first-order valence-electron chi connectivity index (χ1n) is 5.08. The minimum atomic E-state index is -1.08. The summed E-state index contributed by atoms with van der Waals surface area (Å²) in [4.78, 5) is 14.5. The van der Waals surface area contributed by atoms with Crippen molar-refractivity contribution < 1.29 is 14.6 Å². The van der Waals surface area contributed by atoms with Crippen LogP contribution in [-0.4, -0.2) is 32.4 Å². The predicted octanol–water partition coefficient (Wildman–Crippen LogP) is 1.60. The van der Waals surface area contributed by atoms with Crippen molar-refractivity contribution >= 4 is 17.6 Å². The number of hydrogen-bond acceptors (Lipinski definition) is 4. The summed E-state index contributed by atoms with van der Waals surface area (Å²) in [5.74, 6) is -0.567. The molecule has 0 radical (unpaired) electrons. The van der Waals surface area contributed by atoms with Gasteiger partial charge < -0.3 is 9.84 Å². The van der Waals surface area contributed by atoms with Crippen LogP contribution in [0.4, 0.5) is 0 Å². The van der Waals surface area contributed by atoms with Gasteiger partial charge in [-0.1, -0.05) is 23.7 Å². The molecular weight excluding hydrogens is 258 g/mol. The summed E-state index contributed by atoms with van der Waals surface area (Å²) in [5, 5.41) is 13.0. The van der Waals surface area contributed by atoms with Crippen molar-refractivity contribution in [1.82, 2.24) is 14.8 Å². The molecule has 1 aromatic heterocycles. The molecule has 94 valence electrons. The van der Waals surface area contributed by atoms with Gasteiger partial charge in [0, 0.05) is 12.6 Å². The molecule has 1 aromatic carbocycles. The monoisotopic (exact) mass is 267 g/mol. The average Bonchev–Trinajstić information content (AvgIpc) is 2.69. The standard InChI is InChI=1S/C11H10ClN3O3/c1-15-10(7-4-2-3-5-8(7)12)13-11(14-15)18-6-9(16)17/h2-5H,6H2,1H3,(H,16,17). The molecular formula is C11H10ClN3O3. The lowest BCUT2D eigenvalue weighted by atomic mass is 10.2. The number of aromatic nitrogens is 3. The van der Waals surface area contributed by atoms with E-state index in [1.807, 2.05) is 12.1 Å². The summed E-state index contributed by atoms with van der Waals surface area (Å²) in [7, 11) is 1.68. The Labute approximate surface area is 108 Å². The van der Waals surface area contributed by atoms with E-state index in [0.717, 1.165) is 0 Å². The van der Waals surface area contributed by atoms with Gasteiger partial charge in [0.25, 0.3) is 0 Å². The van der Waals surface area contributed by atoms with Gasteiger partial charge in [-0.25, -0.2) is 9.48 Å². The van der Waals surface area contributed by atoms with Gasteiger partial charge in [-0.15, -0.1) is 5.10 Å². The Kier molecular flexibility index (Phi) is 3.47. The number of aryl methyl sites for hydroxylation is 1. The summed E-state index contributed by atoms with van der Waals surface area (Å²) in [6, 6.07) is 7.18. The van der Waals surface area contributed by atoms with Crippen molar-refractivity contribution in [2.75, 3.05) is 6.61 Å². The average molecular weight is 268 g/mol. The van der Waals surface area contributed by atoms with Crippen LogP contribution < -0.4 is 4.74 Å². The van der Waals surface area contributed by atoms with E-state index >= 15 is 0 Å². The predicted molar refractivity (Wildman–Crippen MR) is 64.6 cm³/mol. The van der Waals surface area contributed by atoms with E-state index in [-0.39, 0.29) is 6.01 Å². The summed E-state index contributed by atoms with van der Waals surface area (Å²) in [6.07, 6.45) is 0. The number of ether oxygens (including phenoxy) is 1. The molecule has 0 aliphatic carbocycles. The number of halogens is 1. The lowest BCUT2D eigenvalue weighted by molar-refractivity contribution is -0.139. The third-order valence-electron chi connectivity index (χ3n) is 2.18. The molecule has 1 heterocycles. The molecule has 0 unspecified atom stereocenters. The number of nitrogens with zero attached hydrogens (tertiary/aromatic N) is 3. The fourth-order valence-electron chi connectivity index (χ4n) is 1.43. The van der Waals surface area contributed by atoms with Crippen molar-refractivity contribution in [2.24, 2.45) is 7.05 Å². The van der Waals surface area contributed by atoms with E-state index in [1.54, 1.807) is 19.2 Å². The fraction of sp³-hybridized carbons (Fsp3) is 0.182. The molecule has 6 nitrogen and oxygen atoms in total. The summed E-state index contributed by atoms with van der Waals surface area (Å²) in [6.45, 7) is -0.480. The minimum absolute atomic E-state index is 0.00909. The highest BCUT2D eigenvalue weighted by molar-refractivity contribution is 6.33. The van der Waals surface area contributed by atoms with Gasteiger partial charge in [0.15, 0.2) is 12.4 Å². The van der Waals surface area contributed by atoms with Crippen molar-refractivity contribution in [1.29, 1.82) is 0 Å². The highest BCUT2D eigenvalue weighted by Gasteiger charge is 2.13. The molecule has 1 N–H and O–H groups in total. The zero-order chi connectivity index (χ0) is 13.1. The maximum Gasteiger partial charge on any atom is 0.341 e. The normalized spacial score (nSPS) is 10.3. The molecule has 0 aliphatic rings. The zero-order valence-electron chi connectivity index (χ0n) is 9.50. The molecule has 2 aromatic rings. The third kappa shape index (κ3) is 2.60. The van der Waals surface area contributed by atoms with Gasteiger partial charge >= 0.3 is 12.0 Å². The Morgan fingerprint density at radius 3 is 2.89 bits per heavy atom. The van der Waals surface area contributed by atoms with E-state index in [4.69, 9.17) is 21.4 Å². The van der Waals surface area contributed by atoms with Crippen molar-refractivity contribution in [2.45, 2.75) is 0 Å². The second kappa shape index (κ2) is 5.05. The first-order valence-corrected chi connectivity index (χ1v) is 5.46. The highest BCUT2D eigenvalue weighted by atomic mass is 35.5. The summed E-state index contributed by atoms with van der Waals surface area (Å²) < 4.78 is 6.39. The van der Waals surface area contributed by atoms with Crippen LogP contribution in [0.2, 0.25) is 5.02 Å². The van der Waals surface area contributed by atoms with Crippen LogP contribution >= 0.6 is 11.6 Å². The number of hydrogen-bond donors (Lipinski definition) is 1. The Bertz CT molecular complexity index is 583. The number of carboxylic acids is 1. The number of rotatable bonds is 4. The largest absolute Gasteiger partial charge is 0.479 e. The maximum absolute atomic E-state index is 10.4. The lowest BCUT2D eigenvalue weighted by Crippen LogP contribution is -2.10. The molecule has 0 spiro atoms. The smallest absolute Gasteiger partial charge is 0.341 e. The Hall–Kier alpha value is -2.08. The molecule has 0 aliphatic heterocycles. The third-order valence-corrected chi connectivity index (χ3v) is 2.51. The second-order valence-electron chi connectivity index (χ2n) is 3.50. The number of benzene rings is 1. The van der Waals surface area contributed by atoms with Gasteiger partial charge in [0.05, 0.1) is 5.02 Å². The molecule has 0 atom stereocenters. The molecule has 2 rings (SSSR count). The quantitative estimate of drug-likeness (QED) is 0.910. The second-order valence-corrected chi connectivity index (χ2v) is 3.91. The van der Waals surface area contributed by atoms with E-state index in [9.17, 15) is 4.79 Å². The summed E-state index contributed by atoms with van der Waals surface area (Å²) >= 11 is 6.05. The maximum atomic E-state index is 10.4. The molecule has 7 heteroatoms. The van der Waals surface area contributed by atoms with E-state index in [1.165, 1.54) is 4.68 Å². The first kappa shape index (κ1) is 12.4. The number of aliphatic carboxylic acids is 1. The molecule has 0 bridgehead atoms. The Morgan fingerprint density at radius 1 is 1.50 bits per heavy atom. The first-order chi connectivity index (χ1) is 8.58. The van der Waals surface area contributed by atoms with Crippen molar-refractivity contribution in [3.8, 4) is 17.4 Å². The molecule has 0 saturated heterocycles. The van der Waals surface area contributed by atoms with Gasteiger partial charge in [-0.3, -0.25) is 0 Å². The lowest BCUT2D eigenvalue weighted by Gasteiger charge is -2.01. The Balaban J connectivity index is 2.30. The minimum Gasteiger partial charge on any atom is -0.479 e. The highest BCUT2D eigenvalue weighted by Crippen LogP contribution is 2.26. The van der Waals surface area contributed by atoms with Gasteiger partial charge in [-0.2, -0.15) is 4.98 Å². The van der Waals surface area contributed by atoms with Gasteiger partial charge in [0.2, 0.25) is 0 Å². The molecule has 18 heavy (non-hydrogen) atoms. The van der Waals surface area contributed by atoms with Crippen LogP contribution in [0.1, 0.15) is 0 Å².